The fraction of sp³-hybridized carbons (Fsp3) is 0.133. The van der Waals surface area contributed by atoms with E-state index in [9.17, 15) is 4.79 Å². The maximum Gasteiger partial charge on any atom is 0.251 e. The van der Waals surface area contributed by atoms with Crippen molar-refractivity contribution < 1.29 is 4.79 Å². The van der Waals surface area contributed by atoms with Crippen LogP contribution in [0.1, 0.15) is 21.7 Å². The highest BCUT2D eigenvalue weighted by Gasteiger charge is 2.17. The minimum Gasteiger partial charge on any atom is -0.366 e. The molecule has 0 fully saturated rings. The normalized spacial score (nSPS) is 10.6. The van der Waals surface area contributed by atoms with Gasteiger partial charge in [-0.2, -0.15) is 5.10 Å². The zero-order chi connectivity index (χ0) is 15.7. The number of nitrogens with one attached hydrogen (secondary N) is 2. The van der Waals surface area contributed by atoms with Gasteiger partial charge in [0.05, 0.1) is 11.3 Å². The first-order valence-corrected chi connectivity index (χ1v) is 7.51. The second-order valence-corrected chi connectivity index (χ2v) is 5.94. The molecule has 1 amide bonds. The molecule has 7 heteroatoms. The average molecular weight is 313 g/mol. The Morgan fingerprint density at radius 2 is 2.18 bits per heavy atom. The van der Waals surface area contributed by atoms with E-state index < -0.39 is 5.91 Å². The molecule has 3 aromatic heterocycles. The Morgan fingerprint density at radius 1 is 1.36 bits per heavy atom. The molecule has 0 saturated carbocycles. The van der Waals surface area contributed by atoms with Gasteiger partial charge >= 0.3 is 0 Å². The smallest absolute Gasteiger partial charge is 0.251 e. The fourth-order valence-corrected chi connectivity index (χ4v) is 3.27. The molecule has 6 nitrogen and oxygen atoms in total. The maximum atomic E-state index is 11.7. The lowest BCUT2D eigenvalue weighted by Crippen LogP contribution is -2.11. The Labute approximate surface area is 131 Å². The number of aromatic nitrogens is 3. The Balaban J connectivity index is 2.01. The number of aromatic amines is 1. The quantitative estimate of drug-likeness (QED) is 0.690. The first kappa shape index (κ1) is 14.3. The molecule has 0 aromatic carbocycles. The van der Waals surface area contributed by atoms with E-state index in [2.05, 4.69) is 20.5 Å². The van der Waals surface area contributed by atoms with Gasteiger partial charge in [0.1, 0.15) is 10.8 Å². The van der Waals surface area contributed by atoms with Crippen LogP contribution in [0, 0.1) is 13.8 Å². The van der Waals surface area contributed by atoms with Gasteiger partial charge in [0.2, 0.25) is 0 Å². The van der Waals surface area contributed by atoms with Crippen molar-refractivity contribution in [2.45, 2.75) is 13.8 Å². The molecule has 0 unspecified atom stereocenters. The van der Waals surface area contributed by atoms with Crippen LogP contribution >= 0.6 is 11.3 Å². The number of nitrogens with zero attached hydrogens (tertiary/aromatic N) is 2. The summed E-state index contributed by atoms with van der Waals surface area (Å²) < 4.78 is 0. The van der Waals surface area contributed by atoms with Gasteiger partial charge in [-0.15, -0.1) is 11.3 Å². The van der Waals surface area contributed by atoms with Gasteiger partial charge in [0.15, 0.2) is 0 Å². The number of anilines is 2. The standard InChI is InChI=1S/C15H15N5OS/c1-8-4-3-5-13(18-8)19-15-10(14(16)21)6-12(22-15)11-7-17-20-9(11)2/h3-7H,1-2H3,(H2,16,21)(H,17,20)(H,18,19). The van der Waals surface area contributed by atoms with E-state index in [-0.39, 0.29) is 0 Å². The molecule has 0 spiro atoms. The zero-order valence-corrected chi connectivity index (χ0v) is 13.0. The monoisotopic (exact) mass is 313 g/mol. The summed E-state index contributed by atoms with van der Waals surface area (Å²) in [6, 6.07) is 7.45. The number of amides is 1. The third kappa shape index (κ3) is 2.71. The Hall–Kier alpha value is -2.67. The van der Waals surface area contributed by atoms with Crippen molar-refractivity contribution in [3.05, 3.63) is 47.4 Å². The number of pyridine rings is 1. The second-order valence-electron chi connectivity index (χ2n) is 4.89. The van der Waals surface area contributed by atoms with Gasteiger partial charge < -0.3 is 11.1 Å². The summed E-state index contributed by atoms with van der Waals surface area (Å²) in [4.78, 5) is 17.0. The third-order valence-electron chi connectivity index (χ3n) is 3.22. The minimum absolute atomic E-state index is 0.448. The highest BCUT2D eigenvalue weighted by molar-refractivity contribution is 7.20. The van der Waals surface area contributed by atoms with E-state index in [4.69, 9.17) is 5.73 Å². The number of rotatable bonds is 4. The predicted molar refractivity (Wildman–Crippen MR) is 87.4 cm³/mol. The number of carbonyl (C=O) groups excluding carboxylic acids is 1. The Bertz CT molecular complexity index is 836. The molecule has 112 valence electrons. The SMILES string of the molecule is Cc1cccc(Nc2sc(-c3c[nH]nc3C)cc2C(N)=O)n1. The van der Waals surface area contributed by atoms with Crippen LogP contribution in [0.15, 0.2) is 30.5 Å². The first-order valence-electron chi connectivity index (χ1n) is 6.69. The van der Waals surface area contributed by atoms with E-state index in [1.165, 1.54) is 11.3 Å². The molecule has 0 radical (unpaired) electrons. The third-order valence-corrected chi connectivity index (χ3v) is 4.31. The molecule has 0 atom stereocenters. The lowest BCUT2D eigenvalue weighted by molar-refractivity contribution is 0.100. The Kier molecular flexibility index (Phi) is 3.64. The topological polar surface area (TPSA) is 96.7 Å². The summed E-state index contributed by atoms with van der Waals surface area (Å²) in [6.07, 6.45) is 1.81. The number of hydrogen-bond donors (Lipinski definition) is 3. The molecule has 0 saturated heterocycles. The highest BCUT2D eigenvalue weighted by atomic mass is 32.1. The van der Waals surface area contributed by atoms with E-state index in [1.54, 1.807) is 12.3 Å². The van der Waals surface area contributed by atoms with Crippen molar-refractivity contribution in [1.82, 2.24) is 15.2 Å². The molecule has 3 heterocycles. The molecule has 4 N–H and O–H groups in total. The molecule has 0 aliphatic rings. The van der Waals surface area contributed by atoms with Crippen LogP contribution in [0.25, 0.3) is 10.4 Å². The molecule has 0 bridgehead atoms. The molecule has 0 aliphatic heterocycles. The zero-order valence-electron chi connectivity index (χ0n) is 12.2. The van der Waals surface area contributed by atoms with Crippen molar-refractivity contribution >= 4 is 28.1 Å². The van der Waals surface area contributed by atoms with Crippen molar-refractivity contribution in [3.63, 3.8) is 0 Å². The lowest BCUT2D eigenvalue weighted by atomic mass is 10.2. The average Bonchev–Trinajstić information content (AvgIpc) is 3.05. The van der Waals surface area contributed by atoms with Crippen molar-refractivity contribution in [2.24, 2.45) is 5.73 Å². The number of hydrogen-bond acceptors (Lipinski definition) is 5. The van der Waals surface area contributed by atoms with Crippen molar-refractivity contribution in [1.29, 1.82) is 0 Å². The second kappa shape index (κ2) is 5.61. The van der Waals surface area contributed by atoms with Crippen LogP contribution in [0.2, 0.25) is 0 Å². The first-order chi connectivity index (χ1) is 10.5. The number of aryl methyl sites for hydroxylation is 2. The van der Waals surface area contributed by atoms with Crippen LogP contribution in [0.5, 0.6) is 0 Å². The van der Waals surface area contributed by atoms with Gasteiger partial charge in [-0.1, -0.05) is 6.07 Å². The van der Waals surface area contributed by atoms with E-state index in [0.29, 0.717) is 16.4 Å². The summed E-state index contributed by atoms with van der Waals surface area (Å²) in [6.45, 7) is 3.82. The van der Waals surface area contributed by atoms with Gasteiger partial charge in [0, 0.05) is 22.3 Å². The summed E-state index contributed by atoms with van der Waals surface area (Å²) in [5.41, 5.74) is 8.66. The maximum absolute atomic E-state index is 11.7. The number of H-pyrrole nitrogens is 1. The van der Waals surface area contributed by atoms with Crippen molar-refractivity contribution in [2.75, 3.05) is 5.32 Å². The molecular weight excluding hydrogens is 298 g/mol. The molecule has 0 aliphatic carbocycles. The van der Waals surface area contributed by atoms with Crippen LogP contribution in [-0.2, 0) is 0 Å². The predicted octanol–water partition coefficient (Wildman–Crippen LogP) is 2.99. The lowest BCUT2D eigenvalue weighted by Gasteiger charge is -2.05. The van der Waals surface area contributed by atoms with Gasteiger partial charge in [-0.25, -0.2) is 4.98 Å². The summed E-state index contributed by atoms with van der Waals surface area (Å²) >= 11 is 1.45. The van der Waals surface area contributed by atoms with Crippen LogP contribution < -0.4 is 11.1 Å². The van der Waals surface area contributed by atoms with Crippen molar-refractivity contribution in [3.8, 4) is 10.4 Å². The van der Waals surface area contributed by atoms with E-state index >= 15 is 0 Å². The summed E-state index contributed by atoms with van der Waals surface area (Å²) in [5.74, 6) is 0.207. The van der Waals surface area contributed by atoms with Gasteiger partial charge in [-0.05, 0) is 32.0 Å². The van der Waals surface area contributed by atoms with E-state index in [0.717, 1.165) is 21.8 Å². The summed E-state index contributed by atoms with van der Waals surface area (Å²) in [5, 5.41) is 10.8. The number of carbonyl (C=O) groups is 1. The van der Waals surface area contributed by atoms with Crippen LogP contribution in [0.3, 0.4) is 0 Å². The largest absolute Gasteiger partial charge is 0.366 e. The number of nitrogens with two attached hydrogens (primary N) is 1. The number of primary amides is 1. The minimum atomic E-state index is -0.473. The Morgan fingerprint density at radius 3 is 2.82 bits per heavy atom. The molecule has 22 heavy (non-hydrogen) atoms. The van der Waals surface area contributed by atoms with Crippen LogP contribution in [0.4, 0.5) is 10.8 Å². The fourth-order valence-electron chi connectivity index (χ4n) is 2.14. The molecule has 3 aromatic rings. The molecular formula is C15H15N5OS. The summed E-state index contributed by atoms with van der Waals surface area (Å²) in [7, 11) is 0. The van der Waals surface area contributed by atoms with Gasteiger partial charge in [-0.3, -0.25) is 9.89 Å². The number of thiophene rings is 1. The highest BCUT2D eigenvalue weighted by Crippen LogP contribution is 2.37. The molecule has 3 rings (SSSR count). The van der Waals surface area contributed by atoms with Crippen LogP contribution in [-0.4, -0.2) is 21.1 Å². The van der Waals surface area contributed by atoms with E-state index in [1.807, 2.05) is 32.0 Å². The van der Waals surface area contributed by atoms with Gasteiger partial charge in [0.25, 0.3) is 5.91 Å².